The number of nitrogens with zero attached hydrogens (tertiary/aromatic N) is 2. The highest BCUT2D eigenvalue weighted by atomic mass is 32.1. The Morgan fingerprint density at radius 1 is 0.900 bits per heavy atom. The second kappa shape index (κ2) is 19.5. The molecule has 0 aliphatic carbocycles. The molecule has 6 amide bonds. The number of aromatic nitrogens is 2. The zero-order valence-corrected chi connectivity index (χ0v) is 28.9. The number of carbonyl (C=O) groups excluding carboxylic acids is 6. The summed E-state index contributed by atoms with van der Waals surface area (Å²) >= 11 is 8.02. The van der Waals surface area contributed by atoms with Gasteiger partial charge in [0.05, 0.1) is 12.4 Å². The van der Waals surface area contributed by atoms with E-state index in [0.29, 0.717) is 17.7 Å². The van der Waals surface area contributed by atoms with Crippen molar-refractivity contribution in [3.05, 3.63) is 54.1 Å². The van der Waals surface area contributed by atoms with E-state index in [1.807, 2.05) is 0 Å². The van der Waals surface area contributed by atoms with E-state index in [9.17, 15) is 38.7 Å². The van der Waals surface area contributed by atoms with Crippen LogP contribution in [0.2, 0.25) is 0 Å². The zero-order valence-electron chi connectivity index (χ0n) is 27.1. The molecule has 19 heteroatoms. The maximum atomic E-state index is 13.8. The molecule has 3 rings (SSSR count). The molecule has 0 bridgehead atoms. The van der Waals surface area contributed by atoms with Gasteiger partial charge < -0.3 is 47.7 Å². The molecule has 0 unspecified atom stereocenters. The lowest BCUT2D eigenvalue weighted by Crippen LogP contribution is -2.59. The second-order valence-electron chi connectivity index (χ2n) is 11.7. The first kappa shape index (κ1) is 39.8. The molecule has 0 spiro atoms. The van der Waals surface area contributed by atoms with Crippen molar-refractivity contribution in [2.75, 3.05) is 18.1 Å². The number of nitrogens with two attached hydrogens (primary N) is 2. The van der Waals surface area contributed by atoms with Gasteiger partial charge in [0.15, 0.2) is 0 Å². The number of hydrogen-bond acceptors (Lipinski definition) is 11. The predicted molar refractivity (Wildman–Crippen MR) is 187 cm³/mol. The number of aliphatic carboxylic acids is 1. The maximum Gasteiger partial charge on any atom is 0.327 e. The Hall–Kier alpha value is -4.62. The Labute approximate surface area is 299 Å². The van der Waals surface area contributed by atoms with E-state index in [4.69, 9.17) is 11.5 Å². The van der Waals surface area contributed by atoms with Crippen molar-refractivity contribution in [2.24, 2.45) is 11.5 Å². The van der Waals surface area contributed by atoms with Gasteiger partial charge in [-0.25, -0.2) is 9.78 Å². The SMILES string of the molecule is NC(=O)CC[C@H](NC(=O)[C@@H]1CCCN1C(=O)[C@H](Cc1cnc[nH]1)NC(=O)[C@@H](N)CS)C(=O)N[C@@H](Cc1ccccc1)C(=O)N[C@@H](CS)C(=O)O. The van der Waals surface area contributed by atoms with Crippen LogP contribution >= 0.6 is 25.3 Å². The molecule has 1 aromatic carbocycles. The molecule has 1 fully saturated rings. The number of hydrogen-bond donors (Lipinski definition) is 10. The van der Waals surface area contributed by atoms with Crippen LogP contribution < -0.4 is 32.7 Å². The molecular formula is C31H43N9O8S2. The summed E-state index contributed by atoms with van der Waals surface area (Å²) < 4.78 is 0. The molecule has 0 saturated carbocycles. The van der Waals surface area contributed by atoms with Crippen LogP contribution in [0.5, 0.6) is 0 Å². The number of carboxylic acid groups (broad SMARTS) is 1. The number of benzene rings is 1. The average molecular weight is 734 g/mol. The van der Waals surface area contributed by atoms with Crippen LogP contribution in [0.25, 0.3) is 0 Å². The Balaban J connectivity index is 1.82. The van der Waals surface area contributed by atoms with E-state index in [1.54, 1.807) is 30.3 Å². The lowest BCUT2D eigenvalue weighted by molar-refractivity contribution is -0.142. The third kappa shape index (κ3) is 11.8. The summed E-state index contributed by atoms with van der Waals surface area (Å²) in [5, 5.41) is 19.6. The fourth-order valence-corrected chi connectivity index (χ4v) is 5.71. The molecule has 17 nitrogen and oxygen atoms in total. The molecule has 2 heterocycles. The summed E-state index contributed by atoms with van der Waals surface area (Å²) in [5.74, 6) is -5.78. The van der Waals surface area contributed by atoms with Crippen molar-refractivity contribution in [2.45, 2.75) is 74.8 Å². The highest BCUT2D eigenvalue weighted by Crippen LogP contribution is 2.20. The van der Waals surface area contributed by atoms with Crippen molar-refractivity contribution in [3.8, 4) is 0 Å². The molecule has 50 heavy (non-hydrogen) atoms. The number of rotatable bonds is 19. The Kier molecular flexibility index (Phi) is 15.6. The summed E-state index contributed by atoms with van der Waals surface area (Å²) in [6.07, 6.45) is 3.05. The summed E-state index contributed by atoms with van der Waals surface area (Å²) in [5.41, 5.74) is 12.4. The van der Waals surface area contributed by atoms with Crippen LogP contribution in [0, 0.1) is 0 Å². The van der Waals surface area contributed by atoms with Crippen molar-refractivity contribution in [1.29, 1.82) is 0 Å². The normalized spacial score (nSPS) is 17.0. The predicted octanol–water partition coefficient (Wildman–Crippen LogP) is -2.34. The van der Waals surface area contributed by atoms with Crippen molar-refractivity contribution >= 4 is 66.7 Å². The van der Waals surface area contributed by atoms with Gasteiger partial charge >= 0.3 is 5.97 Å². The number of aromatic amines is 1. The molecule has 1 aromatic heterocycles. The first-order chi connectivity index (χ1) is 23.8. The fourth-order valence-electron chi connectivity index (χ4n) is 5.29. The highest BCUT2D eigenvalue weighted by Gasteiger charge is 2.40. The average Bonchev–Trinajstić information content (AvgIpc) is 3.80. The number of amides is 6. The monoisotopic (exact) mass is 733 g/mol. The minimum absolute atomic E-state index is 0.0270. The van der Waals surface area contributed by atoms with E-state index < -0.39 is 77.7 Å². The van der Waals surface area contributed by atoms with Crippen molar-refractivity contribution in [3.63, 3.8) is 0 Å². The van der Waals surface area contributed by atoms with E-state index >= 15 is 0 Å². The molecule has 1 aliphatic heterocycles. The van der Waals surface area contributed by atoms with Gasteiger partial charge in [0.25, 0.3) is 0 Å². The van der Waals surface area contributed by atoms with Gasteiger partial charge in [0.1, 0.15) is 30.2 Å². The highest BCUT2D eigenvalue weighted by molar-refractivity contribution is 7.80. The van der Waals surface area contributed by atoms with Crippen LogP contribution in [0.4, 0.5) is 0 Å². The molecule has 1 aliphatic rings. The Bertz CT molecular complexity index is 1500. The molecular weight excluding hydrogens is 691 g/mol. The largest absolute Gasteiger partial charge is 0.480 e. The van der Waals surface area contributed by atoms with E-state index in [1.165, 1.54) is 17.4 Å². The zero-order chi connectivity index (χ0) is 36.8. The van der Waals surface area contributed by atoms with Crippen molar-refractivity contribution < 1.29 is 38.7 Å². The number of nitrogens with one attached hydrogen (secondary N) is 5. The number of primary amides is 1. The number of likely N-dealkylation sites (tertiary alicyclic amines) is 1. The topological polar surface area (TPSA) is 272 Å². The van der Waals surface area contributed by atoms with Crippen molar-refractivity contribution in [1.82, 2.24) is 36.1 Å². The van der Waals surface area contributed by atoms with Gasteiger partial charge in [-0.05, 0) is 24.8 Å². The van der Waals surface area contributed by atoms with Crippen LogP contribution in [-0.2, 0) is 46.4 Å². The first-order valence-corrected chi connectivity index (χ1v) is 17.1. The number of carbonyl (C=O) groups is 7. The maximum absolute atomic E-state index is 13.8. The van der Waals surface area contributed by atoms with E-state index in [2.05, 4.69) is 56.5 Å². The van der Waals surface area contributed by atoms with Crippen LogP contribution in [0.3, 0.4) is 0 Å². The van der Waals surface area contributed by atoms with Gasteiger partial charge in [0.2, 0.25) is 35.4 Å². The minimum Gasteiger partial charge on any atom is -0.480 e. The van der Waals surface area contributed by atoms with E-state index in [0.717, 1.165) is 0 Å². The Morgan fingerprint density at radius 3 is 2.16 bits per heavy atom. The number of H-pyrrole nitrogens is 1. The summed E-state index contributed by atoms with van der Waals surface area (Å²) in [4.78, 5) is 98.5. The molecule has 1 saturated heterocycles. The molecule has 10 N–H and O–H groups in total. The summed E-state index contributed by atoms with van der Waals surface area (Å²) in [6, 6.07) is 1.52. The van der Waals surface area contributed by atoms with Gasteiger partial charge in [-0.15, -0.1) is 0 Å². The smallest absolute Gasteiger partial charge is 0.327 e. The Morgan fingerprint density at radius 2 is 1.56 bits per heavy atom. The molecule has 2 aromatic rings. The minimum atomic E-state index is -1.37. The lowest BCUT2D eigenvalue weighted by Gasteiger charge is -2.30. The first-order valence-electron chi connectivity index (χ1n) is 15.9. The van der Waals surface area contributed by atoms with Gasteiger partial charge in [-0.2, -0.15) is 25.3 Å². The van der Waals surface area contributed by atoms with Crippen LogP contribution in [0.1, 0.15) is 36.9 Å². The summed E-state index contributed by atoms with van der Waals surface area (Å²) in [7, 11) is 0. The quantitative estimate of drug-likeness (QED) is 0.0688. The summed E-state index contributed by atoms with van der Waals surface area (Å²) in [6.45, 7) is 0.179. The fraction of sp³-hybridized carbons (Fsp3) is 0.484. The third-order valence-electron chi connectivity index (χ3n) is 7.99. The lowest BCUT2D eigenvalue weighted by atomic mass is 10.0. The van der Waals surface area contributed by atoms with Gasteiger partial charge in [0, 0.05) is 49.2 Å². The standard InChI is InChI=1S/C31H43N9O8S2/c32-19(14-49)26(42)38-22(12-18-13-34-16-35-18)30(46)40-10-4-7-24(40)29(45)36-20(8-9-25(33)41)27(43)37-21(11-17-5-2-1-3-6-17)28(44)39-23(15-50)31(47)48/h1-3,5-6,13,16,19-24,49-50H,4,7-12,14-15,32H2,(H2,33,41)(H,34,35)(H,36,45)(H,37,43)(H,38,42)(H,39,44)(H,47,48)/t19-,20-,21-,22-,23-,24-/m0/s1. The molecule has 0 radical (unpaired) electrons. The third-order valence-corrected chi connectivity index (χ3v) is 8.75. The van der Waals surface area contributed by atoms with E-state index in [-0.39, 0.29) is 50.2 Å². The van der Waals surface area contributed by atoms with Gasteiger partial charge in [-0.1, -0.05) is 30.3 Å². The number of thiol groups is 2. The number of imidazole rings is 1. The van der Waals surface area contributed by atoms with Gasteiger partial charge in [-0.3, -0.25) is 28.8 Å². The van der Waals surface area contributed by atoms with Crippen LogP contribution in [0.15, 0.2) is 42.9 Å². The molecule has 272 valence electrons. The molecule has 6 atom stereocenters. The van der Waals surface area contributed by atoms with Crippen LogP contribution in [-0.4, -0.2) is 116 Å². The second-order valence-corrected chi connectivity index (χ2v) is 12.5. The number of carboxylic acids is 1.